The number of carbonyl (C=O) groups is 1. The smallest absolute Gasteiger partial charge is 0.330 e. The Kier molecular flexibility index (Phi) is 8.77. The van der Waals surface area contributed by atoms with E-state index < -0.39 is 11.2 Å². The molecule has 192 valence electrons. The molecule has 2 aromatic carbocycles. The second-order valence-corrected chi connectivity index (χ2v) is 8.78. The topological polar surface area (TPSA) is 132 Å². The second kappa shape index (κ2) is 12.0. The maximum Gasteiger partial charge on any atom is 0.330 e. The van der Waals surface area contributed by atoms with E-state index in [0.29, 0.717) is 36.1 Å². The maximum absolute atomic E-state index is 13.1. The molecule has 0 spiro atoms. The maximum atomic E-state index is 13.1. The van der Waals surface area contributed by atoms with E-state index in [-0.39, 0.29) is 30.5 Å². The summed E-state index contributed by atoms with van der Waals surface area (Å²) < 4.78 is 11.9. The van der Waals surface area contributed by atoms with Gasteiger partial charge in [0.1, 0.15) is 23.0 Å². The van der Waals surface area contributed by atoms with E-state index in [9.17, 15) is 14.4 Å². The van der Waals surface area contributed by atoms with Gasteiger partial charge in [-0.05, 0) is 30.0 Å². The van der Waals surface area contributed by atoms with Crippen LogP contribution in [0.3, 0.4) is 0 Å². The van der Waals surface area contributed by atoms with Crippen molar-refractivity contribution in [1.82, 2.24) is 9.55 Å². The van der Waals surface area contributed by atoms with Gasteiger partial charge in [-0.2, -0.15) is 0 Å². The van der Waals surface area contributed by atoms with Crippen LogP contribution >= 0.6 is 0 Å². The van der Waals surface area contributed by atoms with Crippen molar-refractivity contribution in [3.8, 4) is 11.5 Å². The van der Waals surface area contributed by atoms with Gasteiger partial charge in [-0.15, -0.1) is 0 Å². The molecule has 0 aliphatic rings. The Morgan fingerprint density at radius 2 is 1.83 bits per heavy atom. The zero-order valence-corrected chi connectivity index (χ0v) is 21.0. The lowest BCUT2D eigenvalue weighted by atomic mass is 10.1. The fourth-order valence-corrected chi connectivity index (χ4v) is 3.75. The average molecular weight is 496 g/mol. The minimum Gasteiger partial charge on any atom is -0.497 e. The molecule has 1 aromatic heterocycles. The van der Waals surface area contributed by atoms with E-state index in [1.54, 1.807) is 30.2 Å². The number of methoxy groups -OCH3 is 2. The lowest BCUT2D eigenvalue weighted by Crippen LogP contribution is -2.42. The zero-order valence-electron chi connectivity index (χ0n) is 21.0. The number of aromatic nitrogens is 2. The molecule has 3 aromatic rings. The molecule has 1 heterocycles. The predicted octanol–water partition coefficient (Wildman–Crippen LogP) is 2.68. The first kappa shape index (κ1) is 26.4. The number of nitrogens with two attached hydrogens (primary N) is 1. The molecular weight excluding hydrogens is 462 g/mol. The van der Waals surface area contributed by atoms with E-state index in [2.05, 4.69) is 10.3 Å². The molecule has 10 nitrogen and oxygen atoms in total. The monoisotopic (exact) mass is 495 g/mol. The first-order chi connectivity index (χ1) is 17.2. The lowest BCUT2D eigenvalue weighted by Gasteiger charge is -2.26. The molecule has 0 aliphatic carbocycles. The van der Waals surface area contributed by atoms with Crippen LogP contribution in [0.5, 0.6) is 11.5 Å². The molecule has 4 N–H and O–H groups in total. The number of carbonyl (C=O) groups excluding carboxylic acids is 1. The van der Waals surface area contributed by atoms with Crippen molar-refractivity contribution in [2.45, 2.75) is 26.8 Å². The van der Waals surface area contributed by atoms with Gasteiger partial charge in [0, 0.05) is 12.6 Å². The highest BCUT2D eigenvalue weighted by molar-refractivity contribution is 5.95. The molecule has 0 aliphatic heterocycles. The van der Waals surface area contributed by atoms with Crippen LogP contribution in [-0.4, -0.2) is 42.8 Å². The van der Waals surface area contributed by atoms with Gasteiger partial charge in [0.05, 0.1) is 33.0 Å². The number of anilines is 3. The third-order valence-electron chi connectivity index (χ3n) is 5.71. The van der Waals surface area contributed by atoms with Crippen molar-refractivity contribution in [3.63, 3.8) is 0 Å². The molecule has 1 amide bonds. The summed E-state index contributed by atoms with van der Waals surface area (Å²) in [5.74, 6) is 0.967. The summed E-state index contributed by atoms with van der Waals surface area (Å²) >= 11 is 0. The summed E-state index contributed by atoms with van der Waals surface area (Å²) in [5, 5.41) is 2.82. The van der Waals surface area contributed by atoms with Gasteiger partial charge in [-0.3, -0.25) is 19.1 Å². The average Bonchev–Trinajstić information content (AvgIpc) is 2.85. The molecular formula is C26H33N5O5. The van der Waals surface area contributed by atoms with E-state index in [1.807, 2.05) is 44.2 Å². The molecule has 0 atom stereocenters. The Morgan fingerprint density at radius 1 is 1.11 bits per heavy atom. The highest BCUT2D eigenvalue weighted by Crippen LogP contribution is 2.29. The van der Waals surface area contributed by atoms with Gasteiger partial charge < -0.3 is 25.4 Å². The van der Waals surface area contributed by atoms with E-state index >= 15 is 0 Å². The number of nitrogens with one attached hydrogen (secondary N) is 2. The summed E-state index contributed by atoms with van der Waals surface area (Å²) in [6.07, 6.45) is 0.704. The molecule has 0 saturated heterocycles. The zero-order chi connectivity index (χ0) is 26.2. The van der Waals surface area contributed by atoms with Gasteiger partial charge in [-0.25, -0.2) is 4.79 Å². The number of nitrogens with zero attached hydrogens (tertiary/aromatic N) is 2. The number of hydrogen-bond donors (Lipinski definition) is 3. The molecule has 3 rings (SSSR count). The summed E-state index contributed by atoms with van der Waals surface area (Å²) in [5.41, 5.74) is 6.53. The Morgan fingerprint density at radius 3 is 2.47 bits per heavy atom. The number of benzene rings is 2. The van der Waals surface area contributed by atoms with Crippen LogP contribution in [0.4, 0.5) is 17.2 Å². The first-order valence-electron chi connectivity index (χ1n) is 11.7. The number of aromatic amines is 1. The normalized spacial score (nSPS) is 10.8. The van der Waals surface area contributed by atoms with Gasteiger partial charge in [0.15, 0.2) is 0 Å². The quantitative estimate of drug-likeness (QED) is 0.373. The fourth-order valence-electron chi connectivity index (χ4n) is 3.75. The minimum atomic E-state index is -0.639. The number of H-pyrrole nitrogens is 1. The number of nitrogen functional groups attached to an aromatic ring is 1. The highest BCUT2D eigenvalue weighted by Gasteiger charge is 2.22. The summed E-state index contributed by atoms with van der Waals surface area (Å²) in [6.45, 7) is 4.51. The van der Waals surface area contributed by atoms with Gasteiger partial charge in [0.2, 0.25) is 5.91 Å². The summed E-state index contributed by atoms with van der Waals surface area (Å²) in [7, 11) is 3.04. The van der Waals surface area contributed by atoms with Crippen molar-refractivity contribution >= 4 is 23.1 Å². The van der Waals surface area contributed by atoms with Crippen molar-refractivity contribution in [2.75, 3.05) is 43.3 Å². The van der Waals surface area contributed by atoms with Crippen LogP contribution in [0.15, 0.2) is 58.1 Å². The van der Waals surface area contributed by atoms with Crippen molar-refractivity contribution < 1.29 is 14.3 Å². The molecule has 10 heteroatoms. The second-order valence-electron chi connectivity index (χ2n) is 8.78. The molecule has 0 radical (unpaired) electrons. The minimum absolute atomic E-state index is 0.00573. The Hall–Kier alpha value is -4.21. The largest absolute Gasteiger partial charge is 0.497 e. The predicted molar refractivity (Wildman–Crippen MR) is 141 cm³/mol. The summed E-state index contributed by atoms with van der Waals surface area (Å²) in [4.78, 5) is 42.5. The fraction of sp³-hybridized carbons (Fsp3) is 0.346. The van der Waals surface area contributed by atoms with Crippen molar-refractivity contribution in [3.05, 3.63) is 74.9 Å². The van der Waals surface area contributed by atoms with Gasteiger partial charge in [-0.1, -0.05) is 44.2 Å². The molecule has 0 unspecified atom stereocenters. The third kappa shape index (κ3) is 6.47. The van der Waals surface area contributed by atoms with Gasteiger partial charge in [0.25, 0.3) is 5.56 Å². The Labute approximate surface area is 209 Å². The van der Waals surface area contributed by atoms with Gasteiger partial charge >= 0.3 is 5.69 Å². The Bertz CT molecular complexity index is 1300. The van der Waals surface area contributed by atoms with Crippen LogP contribution in [-0.2, 0) is 11.3 Å². The summed E-state index contributed by atoms with van der Waals surface area (Å²) in [6, 6.07) is 14.4. The van der Waals surface area contributed by atoms with Crippen molar-refractivity contribution in [2.24, 2.45) is 5.92 Å². The third-order valence-corrected chi connectivity index (χ3v) is 5.71. The molecule has 36 heavy (non-hydrogen) atoms. The number of hydrogen-bond acceptors (Lipinski definition) is 7. The lowest BCUT2D eigenvalue weighted by molar-refractivity contribution is -0.115. The first-order valence-corrected chi connectivity index (χ1v) is 11.7. The van der Waals surface area contributed by atoms with Crippen LogP contribution in [0, 0.1) is 5.92 Å². The van der Waals surface area contributed by atoms with Crippen LogP contribution < -0.4 is 36.7 Å². The number of amides is 1. The van der Waals surface area contributed by atoms with Crippen LogP contribution in [0.25, 0.3) is 0 Å². The van der Waals surface area contributed by atoms with E-state index in [0.717, 1.165) is 5.56 Å². The molecule has 0 saturated carbocycles. The Balaban J connectivity index is 1.93. The van der Waals surface area contributed by atoms with Crippen LogP contribution in [0.2, 0.25) is 0 Å². The van der Waals surface area contributed by atoms with Crippen LogP contribution in [0.1, 0.15) is 25.8 Å². The molecule has 0 fully saturated rings. The standard InChI is InChI=1S/C26H33N5O5/c1-17(2)12-13-30(16-22(32)28-20-11-10-19(35-3)14-21(20)36-4)23-24(27)31(26(34)29-25(23)33)15-18-8-6-5-7-9-18/h5-11,14,17H,12-13,15-16,27H2,1-4H3,(H,28,32)(H,29,33,34). The number of ether oxygens (including phenoxy) is 2. The van der Waals surface area contributed by atoms with E-state index in [1.165, 1.54) is 11.7 Å². The van der Waals surface area contributed by atoms with E-state index in [4.69, 9.17) is 15.2 Å². The number of rotatable bonds is 11. The SMILES string of the molecule is COc1ccc(NC(=O)CN(CCC(C)C)c2c(N)n(Cc3ccccc3)c(=O)[nH]c2=O)c(OC)c1. The molecule has 0 bridgehead atoms. The van der Waals surface area contributed by atoms with Crippen molar-refractivity contribution in [1.29, 1.82) is 0 Å². The highest BCUT2D eigenvalue weighted by atomic mass is 16.5.